The summed E-state index contributed by atoms with van der Waals surface area (Å²) in [5.74, 6) is -0.158. The lowest BCUT2D eigenvalue weighted by Gasteiger charge is -2.12. The molecule has 0 aliphatic heterocycles. The van der Waals surface area contributed by atoms with E-state index in [0.717, 1.165) is 10.0 Å². The molecule has 0 saturated carbocycles. The SMILES string of the molecule is O=C(NCC[C@@H](O)c1cccc(Cl)c1)c1cccc(Br)c1. The molecule has 5 heteroatoms. The number of hydrogen-bond acceptors (Lipinski definition) is 2. The first-order chi connectivity index (χ1) is 10.1. The number of aliphatic hydroxyl groups excluding tert-OH is 1. The highest BCUT2D eigenvalue weighted by molar-refractivity contribution is 9.10. The summed E-state index contributed by atoms with van der Waals surface area (Å²) in [6.45, 7) is 0.388. The van der Waals surface area contributed by atoms with Crippen LogP contribution in [0.25, 0.3) is 0 Å². The molecule has 0 unspecified atom stereocenters. The Morgan fingerprint density at radius 1 is 1.24 bits per heavy atom. The van der Waals surface area contributed by atoms with Crippen LogP contribution in [-0.4, -0.2) is 17.6 Å². The maximum Gasteiger partial charge on any atom is 0.251 e. The van der Waals surface area contributed by atoms with Crippen LogP contribution >= 0.6 is 27.5 Å². The second-order valence-corrected chi connectivity index (χ2v) is 5.98. The number of carbonyl (C=O) groups excluding carboxylic acids is 1. The van der Waals surface area contributed by atoms with Crippen LogP contribution in [0.2, 0.25) is 5.02 Å². The van der Waals surface area contributed by atoms with E-state index in [9.17, 15) is 9.90 Å². The Balaban J connectivity index is 1.85. The Labute approximate surface area is 137 Å². The monoisotopic (exact) mass is 367 g/mol. The van der Waals surface area contributed by atoms with E-state index in [2.05, 4.69) is 21.2 Å². The zero-order chi connectivity index (χ0) is 15.2. The van der Waals surface area contributed by atoms with E-state index in [4.69, 9.17) is 11.6 Å². The number of hydrogen-bond donors (Lipinski definition) is 2. The summed E-state index contributed by atoms with van der Waals surface area (Å²) >= 11 is 9.21. The number of rotatable bonds is 5. The Kier molecular flexibility index (Phi) is 5.79. The molecule has 1 amide bonds. The van der Waals surface area contributed by atoms with E-state index in [1.54, 1.807) is 36.4 Å². The minimum absolute atomic E-state index is 0.158. The molecule has 2 aromatic carbocycles. The molecular formula is C16H15BrClNO2. The van der Waals surface area contributed by atoms with Gasteiger partial charge in [-0.2, -0.15) is 0 Å². The third-order valence-electron chi connectivity index (χ3n) is 3.02. The van der Waals surface area contributed by atoms with Gasteiger partial charge in [-0.1, -0.05) is 45.7 Å². The highest BCUT2D eigenvalue weighted by Gasteiger charge is 2.10. The van der Waals surface area contributed by atoms with Crippen LogP contribution in [-0.2, 0) is 0 Å². The first kappa shape index (κ1) is 16.0. The van der Waals surface area contributed by atoms with Gasteiger partial charge in [0, 0.05) is 21.6 Å². The van der Waals surface area contributed by atoms with Crippen LogP contribution in [0.5, 0.6) is 0 Å². The molecule has 110 valence electrons. The molecule has 0 saturated heterocycles. The standard InChI is InChI=1S/C16H15BrClNO2/c17-13-5-1-4-12(9-13)16(21)19-8-7-15(20)11-3-2-6-14(18)10-11/h1-6,9-10,15,20H,7-8H2,(H,19,21)/t15-/m1/s1. The summed E-state index contributed by atoms with van der Waals surface area (Å²) in [4.78, 5) is 11.9. The second-order valence-electron chi connectivity index (χ2n) is 4.63. The van der Waals surface area contributed by atoms with Gasteiger partial charge in [-0.05, 0) is 42.3 Å². The molecule has 0 aliphatic rings. The number of benzene rings is 2. The topological polar surface area (TPSA) is 49.3 Å². The van der Waals surface area contributed by atoms with Crippen molar-refractivity contribution in [2.45, 2.75) is 12.5 Å². The van der Waals surface area contributed by atoms with Gasteiger partial charge in [-0.15, -0.1) is 0 Å². The van der Waals surface area contributed by atoms with Crippen LogP contribution in [0.3, 0.4) is 0 Å². The van der Waals surface area contributed by atoms with Crippen molar-refractivity contribution < 1.29 is 9.90 Å². The van der Waals surface area contributed by atoms with Gasteiger partial charge >= 0.3 is 0 Å². The zero-order valence-electron chi connectivity index (χ0n) is 11.2. The first-order valence-corrected chi connectivity index (χ1v) is 7.70. The van der Waals surface area contributed by atoms with E-state index >= 15 is 0 Å². The average molecular weight is 369 g/mol. The Bertz CT molecular complexity index is 633. The van der Waals surface area contributed by atoms with E-state index in [1.165, 1.54) is 0 Å². The quantitative estimate of drug-likeness (QED) is 0.839. The number of aliphatic hydroxyl groups is 1. The molecule has 3 nitrogen and oxygen atoms in total. The molecule has 2 rings (SSSR count). The molecule has 0 radical (unpaired) electrons. The lowest BCUT2D eigenvalue weighted by atomic mass is 10.1. The van der Waals surface area contributed by atoms with Crippen molar-refractivity contribution in [1.82, 2.24) is 5.32 Å². The van der Waals surface area contributed by atoms with Crippen molar-refractivity contribution in [3.05, 3.63) is 69.2 Å². The molecule has 0 bridgehead atoms. The van der Waals surface area contributed by atoms with Crippen molar-refractivity contribution >= 4 is 33.4 Å². The Morgan fingerprint density at radius 3 is 2.71 bits per heavy atom. The molecule has 0 fully saturated rings. The largest absolute Gasteiger partial charge is 0.388 e. The van der Waals surface area contributed by atoms with Crippen molar-refractivity contribution in [2.24, 2.45) is 0 Å². The molecule has 0 aliphatic carbocycles. The molecular weight excluding hydrogens is 354 g/mol. The fourth-order valence-corrected chi connectivity index (χ4v) is 2.53. The van der Waals surface area contributed by atoms with E-state index in [1.807, 2.05) is 12.1 Å². The Morgan fingerprint density at radius 2 is 2.00 bits per heavy atom. The second kappa shape index (κ2) is 7.59. The summed E-state index contributed by atoms with van der Waals surface area (Å²) < 4.78 is 0.856. The zero-order valence-corrected chi connectivity index (χ0v) is 13.6. The predicted molar refractivity (Wildman–Crippen MR) is 87.5 cm³/mol. The summed E-state index contributed by atoms with van der Waals surface area (Å²) in [6, 6.07) is 14.2. The van der Waals surface area contributed by atoms with Crippen LogP contribution in [0.1, 0.15) is 28.4 Å². The number of halogens is 2. The minimum Gasteiger partial charge on any atom is -0.388 e. The number of carbonyl (C=O) groups is 1. The van der Waals surface area contributed by atoms with Crippen LogP contribution in [0.4, 0.5) is 0 Å². The predicted octanol–water partition coefficient (Wildman–Crippen LogP) is 3.96. The molecule has 0 aromatic heterocycles. The van der Waals surface area contributed by atoms with Gasteiger partial charge in [-0.25, -0.2) is 0 Å². The normalized spacial score (nSPS) is 12.0. The van der Waals surface area contributed by atoms with Gasteiger partial charge in [-0.3, -0.25) is 4.79 Å². The van der Waals surface area contributed by atoms with Crippen LogP contribution in [0, 0.1) is 0 Å². The van der Waals surface area contributed by atoms with Gasteiger partial charge in [0.2, 0.25) is 0 Å². The average Bonchev–Trinajstić information content (AvgIpc) is 2.47. The van der Waals surface area contributed by atoms with Crippen molar-refractivity contribution in [3.63, 3.8) is 0 Å². The van der Waals surface area contributed by atoms with Gasteiger partial charge in [0.1, 0.15) is 0 Å². The minimum atomic E-state index is -0.647. The fraction of sp³-hybridized carbons (Fsp3) is 0.188. The molecule has 21 heavy (non-hydrogen) atoms. The maximum atomic E-state index is 11.9. The van der Waals surface area contributed by atoms with E-state index in [-0.39, 0.29) is 5.91 Å². The lowest BCUT2D eigenvalue weighted by Crippen LogP contribution is -2.25. The third kappa shape index (κ3) is 4.84. The number of nitrogens with one attached hydrogen (secondary N) is 1. The molecule has 1 atom stereocenters. The van der Waals surface area contributed by atoms with Crippen LogP contribution < -0.4 is 5.32 Å². The van der Waals surface area contributed by atoms with Gasteiger partial charge in [0.25, 0.3) is 5.91 Å². The van der Waals surface area contributed by atoms with Crippen molar-refractivity contribution in [1.29, 1.82) is 0 Å². The summed E-state index contributed by atoms with van der Waals surface area (Å²) in [6.07, 6.45) is -0.216. The van der Waals surface area contributed by atoms with Gasteiger partial charge in [0.15, 0.2) is 0 Å². The van der Waals surface area contributed by atoms with Crippen LogP contribution in [0.15, 0.2) is 53.0 Å². The first-order valence-electron chi connectivity index (χ1n) is 6.53. The van der Waals surface area contributed by atoms with Gasteiger partial charge < -0.3 is 10.4 Å². The lowest BCUT2D eigenvalue weighted by molar-refractivity contribution is 0.0942. The maximum absolute atomic E-state index is 11.9. The highest BCUT2D eigenvalue weighted by atomic mass is 79.9. The van der Waals surface area contributed by atoms with Crippen molar-refractivity contribution in [2.75, 3.05) is 6.54 Å². The van der Waals surface area contributed by atoms with E-state index in [0.29, 0.717) is 23.6 Å². The number of amides is 1. The summed E-state index contributed by atoms with van der Waals surface area (Å²) in [5, 5.41) is 13.4. The Hall–Kier alpha value is -1.36. The molecule has 0 spiro atoms. The molecule has 2 aromatic rings. The highest BCUT2D eigenvalue weighted by Crippen LogP contribution is 2.19. The van der Waals surface area contributed by atoms with Gasteiger partial charge in [0.05, 0.1) is 6.10 Å². The fourth-order valence-electron chi connectivity index (χ4n) is 1.93. The molecule has 0 heterocycles. The summed E-state index contributed by atoms with van der Waals surface area (Å²) in [7, 11) is 0. The summed E-state index contributed by atoms with van der Waals surface area (Å²) in [5.41, 5.74) is 1.33. The smallest absolute Gasteiger partial charge is 0.251 e. The molecule has 2 N–H and O–H groups in total. The van der Waals surface area contributed by atoms with E-state index < -0.39 is 6.10 Å². The van der Waals surface area contributed by atoms with Crippen molar-refractivity contribution in [3.8, 4) is 0 Å². The third-order valence-corrected chi connectivity index (χ3v) is 3.75.